The van der Waals surface area contributed by atoms with E-state index < -0.39 is 5.91 Å². The van der Waals surface area contributed by atoms with Crippen LogP contribution in [0.1, 0.15) is 15.9 Å². The van der Waals surface area contributed by atoms with E-state index in [1.807, 2.05) is 36.4 Å². The summed E-state index contributed by atoms with van der Waals surface area (Å²) in [6.07, 6.45) is 0. The molecule has 21 heavy (non-hydrogen) atoms. The number of primary amides is 1. The van der Waals surface area contributed by atoms with E-state index in [0.29, 0.717) is 12.1 Å². The molecule has 2 N–H and O–H groups in total. The number of benzene rings is 2. The van der Waals surface area contributed by atoms with Gasteiger partial charge in [0.2, 0.25) is 5.91 Å². The molecule has 0 bridgehead atoms. The molecular weight excluding hydrogens is 266 g/mol. The Balaban J connectivity index is 2.04. The molecule has 1 amide bonds. The van der Waals surface area contributed by atoms with E-state index >= 15 is 0 Å². The predicted octanol–water partition coefficient (Wildman–Crippen LogP) is 1.49. The highest BCUT2D eigenvalue weighted by Crippen LogP contribution is 2.13. The maximum absolute atomic E-state index is 12.3. The van der Waals surface area contributed by atoms with E-state index in [0.717, 1.165) is 16.6 Å². The number of nitrogens with zero attached hydrogens (tertiary/aromatic N) is 2. The van der Waals surface area contributed by atoms with Gasteiger partial charge in [-0.15, -0.1) is 0 Å². The van der Waals surface area contributed by atoms with Gasteiger partial charge in [0.1, 0.15) is 0 Å². The van der Waals surface area contributed by atoms with Crippen LogP contribution < -0.4 is 11.4 Å². The number of para-hydroxylation sites is 2. The molecule has 1 aromatic heterocycles. The van der Waals surface area contributed by atoms with Crippen molar-refractivity contribution in [3.05, 3.63) is 70.1 Å². The Hall–Kier alpha value is -2.82. The van der Waals surface area contributed by atoms with Gasteiger partial charge in [0.05, 0.1) is 17.6 Å². The summed E-state index contributed by atoms with van der Waals surface area (Å²) in [5, 5.41) is 0. The molecule has 0 aliphatic heterocycles. The van der Waals surface area contributed by atoms with Crippen LogP contribution in [0.15, 0.2) is 53.3 Å². The van der Waals surface area contributed by atoms with Crippen LogP contribution in [0, 0.1) is 0 Å². The third kappa shape index (κ3) is 2.23. The van der Waals surface area contributed by atoms with Crippen molar-refractivity contribution in [2.45, 2.75) is 6.54 Å². The lowest BCUT2D eigenvalue weighted by Crippen LogP contribution is -2.22. The molecule has 5 nitrogen and oxygen atoms in total. The first-order chi connectivity index (χ1) is 10.1. The standard InChI is InChI=1S/C16H15N3O2/c1-18-13-4-2-3-5-14(13)19(16(18)21)10-11-6-8-12(9-7-11)15(17)20/h2-9H,10H2,1H3,(H2,17,20). The largest absolute Gasteiger partial charge is 0.366 e. The molecule has 0 saturated carbocycles. The van der Waals surface area contributed by atoms with Crippen LogP contribution in [0.5, 0.6) is 0 Å². The van der Waals surface area contributed by atoms with Crippen molar-refractivity contribution in [2.75, 3.05) is 0 Å². The second-order valence-corrected chi connectivity index (χ2v) is 4.98. The second kappa shape index (κ2) is 4.94. The first kappa shape index (κ1) is 13.2. The minimum absolute atomic E-state index is 0.0600. The fraction of sp³-hybridized carbons (Fsp3) is 0.125. The molecule has 3 aromatic rings. The molecule has 0 aliphatic rings. The van der Waals surface area contributed by atoms with Crippen LogP contribution >= 0.6 is 0 Å². The van der Waals surface area contributed by atoms with Gasteiger partial charge in [-0.3, -0.25) is 13.9 Å². The Morgan fingerprint density at radius 3 is 2.29 bits per heavy atom. The molecular formula is C16H15N3O2. The Morgan fingerprint density at radius 1 is 1.05 bits per heavy atom. The molecule has 1 heterocycles. The average molecular weight is 281 g/mol. The van der Waals surface area contributed by atoms with Crippen LogP contribution in [-0.2, 0) is 13.6 Å². The van der Waals surface area contributed by atoms with Gasteiger partial charge in [-0.2, -0.15) is 0 Å². The molecule has 3 rings (SSSR count). The topological polar surface area (TPSA) is 70.0 Å². The number of amides is 1. The van der Waals surface area contributed by atoms with Crippen molar-refractivity contribution in [1.29, 1.82) is 0 Å². The molecule has 0 spiro atoms. The third-order valence-corrected chi connectivity index (χ3v) is 3.63. The summed E-state index contributed by atoms with van der Waals surface area (Å²) in [5.41, 5.74) is 8.36. The lowest BCUT2D eigenvalue weighted by Gasteiger charge is -2.04. The quantitative estimate of drug-likeness (QED) is 0.790. The molecule has 0 atom stereocenters. The fourth-order valence-electron chi connectivity index (χ4n) is 2.47. The fourth-order valence-corrected chi connectivity index (χ4v) is 2.47. The van der Waals surface area contributed by atoms with Gasteiger partial charge in [0.15, 0.2) is 0 Å². The first-order valence-corrected chi connectivity index (χ1v) is 6.61. The van der Waals surface area contributed by atoms with Crippen LogP contribution in [0.2, 0.25) is 0 Å². The number of aromatic nitrogens is 2. The SMILES string of the molecule is Cn1c(=O)n(Cc2ccc(C(N)=O)cc2)c2ccccc21. The lowest BCUT2D eigenvalue weighted by atomic mass is 10.1. The van der Waals surface area contributed by atoms with E-state index in [9.17, 15) is 9.59 Å². The number of nitrogens with two attached hydrogens (primary N) is 1. The average Bonchev–Trinajstić information content (AvgIpc) is 2.73. The number of carbonyl (C=O) groups excluding carboxylic acids is 1. The first-order valence-electron chi connectivity index (χ1n) is 6.61. The van der Waals surface area contributed by atoms with Crippen LogP contribution in [0.4, 0.5) is 0 Å². The van der Waals surface area contributed by atoms with Gasteiger partial charge < -0.3 is 5.73 Å². The van der Waals surface area contributed by atoms with Crippen molar-refractivity contribution < 1.29 is 4.79 Å². The zero-order valence-corrected chi connectivity index (χ0v) is 11.6. The second-order valence-electron chi connectivity index (χ2n) is 4.98. The highest BCUT2D eigenvalue weighted by Gasteiger charge is 2.10. The Bertz CT molecular complexity index is 873. The number of imidazole rings is 1. The van der Waals surface area contributed by atoms with Crippen LogP contribution in [0.25, 0.3) is 11.0 Å². The number of carbonyl (C=O) groups is 1. The highest BCUT2D eigenvalue weighted by molar-refractivity contribution is 5.92. The minimum Gasteiger partial charge on any atom is -0.366 e. The van der Waals surface area contributed by atoms with E-state index in [2.05, 4.69) is 0 Å². The van der Waals surface area contributed by atoms with Crippen LogP contribution in [0.3, 0.4) is 0 Å². The van der Waals surface area contributed by atoms with E-state index in [4.69, 9.17) is 5.73 Å². The van der Waals surface area contributed by atoms with Crippen LogP contribution in [-0.4, -0.2) is 15.0 Å². The summed E-state index contributed by atoms with van der Waals surface area (Å²) < 4.78 is 3.35. The van der Waals surface area contributed by atoms with E-state index in [1.165, 1.54) is 0 Å². The summed E-state index contributed by atoms with van der Waals surface area (Å²) in [6.45, 7) is 0.458. The Morgan fingerprint density at radius 2 is 1.67 bits per heavy atom. The van der Waals surface area contributed by atoms with Crippen molar-refractivity contribution in [3.8, 4) is 0 Å². The zero-order chi connectivity index (χ0) is 15.0. The monoisotopic (exact) mass is 281 g/mol. The van der Waals surface area contributed by atoms with Gasteiger partial charge in [0.25, 0.3) is 0 Å². The summed E-state index contributed by atoms with van der Waals surface area (Å²) in [7, 11) is 1.76. The summed E-state index contributed by atoms with van der Waals surface area (Å²) in [6, 6.07) is 14.6. The third-order valence-electron chi connectivity index (χ3n) is 3.63. The minimum atomic E-state index is -0.455. The molecule has 0 unspecified atom stereocenters. The van der Waals surface area contributed by atoms with Crippen molar-refractivity contribution >= 4 is 16.9 Å². The molecule has 2 aromatic carbocycles. The number of aryl methyl sites for hydroxylation is 1. The van der Waals surface area contributed by atoms with E-state index in [-0.39, 0.29) is 5.69 Å². The number of hydrogen-bond acceptors (Lipinski definition) is 2. The number of rotatable bonds is 3. The van der Waals surface area contributed by atoms with Crippen molar-refractivity contribution in [2.24, 2.45) is 12.8 Å². The predicted molar refractivity (Wildman–Crippen MR) is 81.2 cm³/mol. The highest BCUT2D eigenvalue weighted by atomic mass is 16.2. The molecule has 0 saturated heterocycles. The maximum atomic E-state index is 12.3. The summed E-state index contributed by atoms with van der Waals surface area (Å²) in [4.78, 5) is 23.4. The van der Waals surface area contributed by atoms with Crippen molar-refractivity contribution in [3.63, 3.8) is 0 Å². The Kier molecular flexibility index (Phi) is 3.10. The van der Waals surface area contributed by atoms with Gasteiger partial charge in [-0.05, 0) is 29.8 Å². The maximum Gasteiger partial charge on any atom is 0.329 e. The van der Waals surface area contributed by atoms with Crippen molar-refractivity contribution in [1.82, 2.24) is 9.13 Å². The van der Waals surface area contributed by atoms with E-state index in [1.54, 1.807) is 28.3 Å². The smallest absolute Gasteiger partial charge is 0.329 e. The van der Waals surface area contributed by atoms with Gasteiger partial charge >= 0.3 is 5.69 Å². The number of fused-ring (bicyclic) bond motifs is 1. The zero-order valence-electron chi connectivity index (χ0n) is 11.6. The van der Waals surface area contributed by atoms with Gasteiger partial charge in [0, 0.05) is 12.6 Å². The lowest BCUT2D eigenvalue weighted by molar-refractivity contribution is 0.100. The Labute approximate surface area is 121 Å². The molecule has 5 heteroatoms. The van der Waals surface area contributed by atoms with Gasteiger partial charge in [-0.1, -0.05) is 24.3 Å². The van der Waals surface area contributed by atoms with Gasteiger partial charge in [-0.25, -0.2) is 4.79 Å². The number of hydrogen-bond donors (Lipinski definition) is 1. The summed E-state index contributed by atoms with van der Waals surface area (Å²) in [5.74, 6) is -0.455. The molecule has 0 aliphatic carbocycles. The molecule has 0 fully saturated rings. The molecule has 106 valence electrons. The molecule has 0 radical (unpaired) electrons. The normalized spacial score (nSPS) is 10.9. The summed E-state index contributed by atoms with van der Waals surface area (Å²) >= 11 is 0.